The monoisotopic (exact) mass is 323 g/mol. The Labute approximate surface area is 131 Å². The molecule has 0 aliphatic rings. The van der Waals surface area contributed by atoms with Crippen molar-refractivity contribution in [1.29, 1.82) is 0 Å². The maximum absolute atomic E-state index is 10.3. The van der Waals surface area contributed by atoms with Crippen LogP contribution in [0, 0.1) is 34.1 Å². The van der Waals surface area contributed by atoms with Crippen LogP contribution in [-0.4, -0.2) is 9.85 Å². The van der Waals surface area contributed by atoms with Crippen molar-refractivity contribution < 1.29 is 9.85 Å². The van der Waals surface area contributed by atoms with Crippen LogP contribution in [0.25, 0.3) is 0 Å². The van der Waals surface area contributed by atoms with E-state index in [0.717, 1.165) is 11.1 Å². The first kappa shape index (κ1) is 17.4. The van der Waals surface area contributed by atoms with Crippen molar-refractivity contribution in [2.45, 2.75) is 13.8 Å². The molecule has 8 heteroatoms. The van der Waals surface area contributed by atoms with E-state index in [-0.39, 0.29) is 22.1 Å². The molecule has 7 nitrogen and oxygen atoms in total. The molecule has 2 aromatic carbocycles. The summed E-state index contributed by atoms with van der Waals surface area (Å²) in [7, 11) is 0. The first-order valence-electron chi connectivity index (χ1n) is 6.14. The molecular weight excluding hydrogens is 310 g/mol. The fraction of sp³-hybridized carbons (Fsp3) is 0.143. The minimum atomic E-state index is -0.491. The molecule has 0 saturated heterocycles. The third-order valence-corrected chi connectivity index (χ3v) is 3.36. The zero-order valence-electron chi connectivity index (χ0n) is 11.9. The molecule has 116 valence electrons. The minimum absolute atomic E-state index is 0.0231. The van der Waals surface area contributed by atoms with Gasteiger partial charge in [0.15, 0.2) is 0 Å². The highest BCUT2D eigenvalue weighted by molar-refractivity contribution is 6.33. The van der Waals surface area contributed by atoms with Crippen LogP contribution in [0.1, 0.15) is 11.1 Å². The summed E-state index contributed by atoms with van der Waals surface area (Å²) in [4.78, 5) is 19.6. The summed E-state index contributed by atoms with van der Waals surface area (Å²) in [6, 6.07) is 9.47. The maximum atomic E-state index is 10.3. The summed E-state index contributed by atoms with van der Waals surface area (Å²) in [6.45, 7) is 3.47. The summed E-state index contributed by atoms with van der Waals surface area (Å²) < 4.78 is 0. The van der Waals surface area contributed by atoms with E-state index in [1.165, 1.54) is 12.1 Å². The van der Waals surface area contributed by atoms with E-state index in [0.29, 0.717) is 0 Å². The summed E-state index contributed by atoms with van der Waals surface area (Å²) in [5, 5.41) is 20.8. The van der Waals surface area contributed by atoms with Gasteiger partial charge in [0, 0.05) is 12.1 Å². The first-order chi connectivity index (χ1) is 10.3. The summed E-state index contributed by atoms with van der Waals surface area (Å²) in [6.07, 6.45) is 0. The van der Waals surface area contributed by atoms with Gasteiger partial charge in [-0.05, 0) is 25.0 Å². The minimum Gasteiger partial charge on any atom is -0.393 e. The van der Waals surface area contributed by atoms with Crippen molar-refractivity contribution in [1.82, 2.24) is 0 Å². The van der Waals surface area contributed by atoms with Crippen molar-refractivity contribution in [2.75, 3.05) is 5.73 Å². The largest absolute Gasteiger partial charge is 0.393 e. The third kappa shape index (κ3) is 4.16. The van der Waals surface area contributed by atoms with Gasteiger partial charge in [-0.2, -0.15) is 0 Å². The van der Waals surface area contributed by atoms with Crippen LogP contribution < -0.4 is 5.73 Å². The summed E-state index contributed by atoms with van der Waals surface area (Å²) in [5.41, 5.74) is 7.09. The lowest BCUT2D eigenvalue weighted by atomic mass is 10.2. The number of hydrogen-bond donors (Lipinski definition) is 1. The Morgan fingerprint density at radius 2 is 1.36 bits per heavy atom. The molecule has 0 fully saturated rings. The number of nitrogens with two attached hydrogens (primary N) is 1. The van der Waals surface area contributed by atoms with Crippen LogP contribution in [0.2, 0.25) is 5.02 Å². The number of hydrogen-bond acceptors (Lipinski definition) is 5. The molecule has 0 spiro atoms. The normalized spacial score (nSPS) is 9.59. The van der Waals surface area contributed by atoms with Crippen molar-refractivity contribution in [3.8, 4) is 0 Å². The summed E-state index contributed by atoms with van der Waals surface area (Å²) in [5.74, 6) is 0. The molecule has 0 bridgehead atoms. The van der Waals surface area contributed by atoms with Gasteiger partial charge >= 0.3 is 0 Å². The molecule has 2 N–H and O–H groups in total. The number of rotatable bonds is 2. The van der Waals surface area contributed by atoms with Crippen LogP contribution in [0.3, 0.4) is 0 Å². The lowest BCUT2D eigenvalue weighted by molar-refractivity contribution is -0.384. The van der Waals surface area contributed by atoms with Gasteiger partial charge in [0.1, 0.15) is 10.7 Å². The Balaban J connectivity index is 0.000000220. The standard InChI is InChI=1S/C7H6ClNO2.C7H8N2O2/c2*1-5-3-2-4-6(7(5)8)9(10)11/h2-4H,1H3;2-4H,8H2,1H3. The van der Waals surface area contributed by atoms with E-state index in [1.54, 1.807) is 38.1 Å². The molecule has 2 aromatic rings. The highest BCUT2D eigenvalue weighted by atomic mass is 35.5. The molecule has 2 rings (SSSR count). The predicted octanol–water partition coefficient (Wildman–Crippen LogP) is 4.04. The van der Waals surface area contributed by atoms with Gasteiger partial charge in [-0.3, -0.25) is 20.2 Å². The second kappa shape index (κ2) is 7.37. The lowest BCUT2D eigenvalue weighted by Gasteiger charge is -1.98. The summed E-state index contributed by atoms with van der Waals surface area (Å²) >= 11 is 5.65. The molecule has 0 heterocycles. The van der Waals surface area contributed by atoms with Gasteiger partial charge in [0.05, 0.1) is 9.85 Å². The van der Waals surface area contributed by atoms with Gasteiger partial charge in [-0.25, -0.2) is 0 Å². The Bertz CT molecular complexity index is 658. The quantitative estimate of drug-likeness (QED) is 0.509. The SMILES string of the molecule is Cc1cccc([N+](=O)[O-])c1Cl.Cc1cccc([N+](=O)[O-])c1N. The predicted molar refractivity (Wildman–Crippen MR) is 85.1 cm³/mol. The van der Waals surface area contributed by atoms with Crippen LogP contribution in [0.5, 0.6) is 0 Å². The van der Waals surface area contributed by atoms with Crippen LogP contribution in [0.15, 0.2) is 36.4 Å². The Hall–Kier alpha value is -2.67. The van der Waals surface area contributed by atoms with Gasteiger partial charge in [0.2, 0.25) is 0 Å². The fourth-order valence-electron chi connectivity index (χ4n) is 1.60. The van der Waals surface area contributed by atoms with E-state index in [4.69, 9.17) is 17.3 Å². The molecule has 0 aliphatic carbocycles. The van der Waals surface area contributed by atoms with Gasteiger partial charge < -0.3 is 5.73 Å². The molecule has 0 saturated carbocycles. The number of halogens is 1. The fourth-order valence-corrected chi connectivity index (χ4v) is 1.79. The molecule has 0 radical (unpaired) electrons. The van der Waals surface area contributed by atoms with E-state index < -0.39 is 9.85 Å². The number of para-hydroxylation sites is 1. The lowest BCUT2D eigenvalue weighted by Crippen LogP contribution is -1.96. The highest BCUT2D eigenvalue weighted by Gasteiger charge is 2.12. The van der Waals surface area contributed by atoms with E-state index in [1.807, 2.05) is 0 Å². The number of benzene rings is 2. The number of nitro groups is 2. The molecule has 22 heavy (non-hydrogen) atoms. The average Bonchev–Trinajstić information content (AvgIpc) is 2.45. The van der Waals surface area contributed by atoms with Gasteiger partial charge in [-0.15, -0.1) is 0 Å². The van der Waals surface area contributed by atoms with Crippen molar-refractivity contribution >= 4 is 28.7 Å². The molecule has 0 unspecified atom stereocenters. The average molecular weight is 324 g/mol. The van der Waals surface area contributed by atoms with Gasteiger partial charge in [0.25, 0.3) is 11.4 Å². The molecule has 0 aromatic heterocycles. The van der Waals surface area contributed by atoms with E-state index in [9.17, 15) is 20.2 Å². The molecule has 0 atom stereocenters. The zero-order chi connectivity index (χ0) is 16.9. The third-order valence-electron chi connectivity index (χ3n) is 2.87. The van der Waals surface area contributed by atoms with Crippen LogP contribution in [0.4, 0.5) is 17.1 Å². The second-order valence-corrected chi connectivity index (χ2v) is 4.81. The Morgan fingerprint density at radius 3 is 1.77 bits per heavy atom. The molecule has 0 aliphatic heterocycles. The zero-order valence-corrected chi connectivity index (χ0v) is 12.7. The number of nitrogen functional groups attached to an aromatic ring is 1. The first-order valence-corrected chi connectivity index (χ1v) is 6.52. The highest BCUT2D eigenvalue weighted by Crippen LogP contribution is 2.26. The van der Waals surface area contributed by atoms with Gasteiger partial charge in [-0.1, -0.05) is 35.9 Å². The number of anilines is 1. The second-order valence-electron chi connectivity index (χ2n) is 4.43. The molecular formula is C14H14ClN3O4. The van der Waals surface area contributed by atoms with Crippen molar-refractivity contribution in [2.24, 2.45) is 0 Å². The molecule has 0 amide bonds. The maximum Gasteiger partial charge on any atom is 0.292 e. The van der Waals surface area contributed by atoms with Crippen LogP contribution >= 0.6 is 11.6 Å². The topological polar surface area (TPSA) is 112 Å². The van der Waals surface area contributed by atoms with E-state index >= 15 is 0 Å². The number of nitrogens with zero attached hydrogens (tertiary/aromatic N) is 2. The Morgan fingerprint density at radius 1 is 0.909 bits per heavy atom. The Kier molecular flexibility index (Phi) is 5.82. The van der Waals surface area contributed by atoms with E-state index in [2.05, 4.69) is 0 Å². The smallest absolute Gasteiger partial charge is 0.292 e. The van der Waals surface area contributed by atoms with Crippen LogP contribution in [-0.2, 0) is 0 Å². The van der Waals surface area contributed by atoms with Crippen molar-refractivity contribution in [3.63, 3.8) is 0 Å². The number of aryl methyl sites for hydroxylation is 2. The van der Waals surface area contributed by atoms with Crippen molar-refractivity contribution in [3.05, 3.63) is 72.8 Å². The number of nitro benzene ring substituents is 2.